The first kappa shape index (κ1) is 16.6. The Morgan fingerprint density at radius 3 is 2.65 bits per heavy atom. The quantitative estimate of drug-likeness (QED) is 0.843. The van der Waals surface area contributed by atoms with Gasteiger partial charge in [-0.25, -0.2) is 0 Å². The van der Waals surface area contributed by atoms with Crippen LogP contribution >= 0.6 is 11.8 Å². The van der Waals surface area contributed by atoms with Gasteiger partial charge < -0.3 is 10.1 Å². The molecule has 4 heteroatoms. The Labute approximate surface area is 129 Å². The van der Waals surface area contributed by atoms with E-state index in [-0.39, 0.29) is 0 Å². The van der Waals surface area contributed by atoms with Crippen LogP contribution in [0.15, 0.2) is 0 Å². The molecule has 0 aromatic rings. The van der Waals surface area contributed by atoms with E-state index in [2.05, 4.69) is 49.7 Å². The lowest BCUT2D eigenvalue weighted by molar-refractivity contribution is -0.0109. The third-order valence-corrected chi connectivity index (χ3v) is 6.33. The summed E-state index contributed by atoms with van der Waals surface area (Å²) < 4.78 is 5.62. The molecular weight excluding hydrogens is 268 g/mol. The maximum atomic E-state index is 5.62. The van der Waals surface area contributed by atoms with Crippen molar-refractivity contribution in [2.45, 2.75) is 57.9 Å². The van der Waals surface area contributed by atoms with Gasteiger partial charge in [-0.15, -0.1) is 0 Å². The van der Waals surface area contributed by atoms with Crippen molar-refractivity contribution in [3.8, 4) is 0 Å². The minimum absolute atomic E-state index is 0.415. The van der Waals surface area contributed by atoms with Crippen LogP contribution in [0.4, 0.5) is 0 Å². The first-order valence-corrected chi connectivity index (χ1v) is 9.24. The summed E-state index contributed by atoms with van der Waals surface area (Å²) in [5, 5.41) is 4.45. The summed E-state index contributed by atoms with van der Waals surface area (Å²) in [5.41, 5.74) is 0.415. The van der Waals surface area contributed by atoms with Gasteiger partial charge in [-0.3, -0.25) is 4.90 Å². The number of thioether (sulfide) groups is 1. The summed E-state index contributed by atoms with van der Waals surface area (Å²) in [6.45, 7) is 14.8. The first-order valence-electron chi connectivity index (χ1n) is 8.19. The summed E-state index contributed by atoms with van der Waals surface area (Å²) >= 11 is 2.13. The molecule has 2 rings (SSSR count). The second-order valence-corrected chi connectivity index (χ2v) is 8.42. The second-order valence-electron chi connectivity index (χ2n) is 6.93. The molecule has 0 aromatic heterocycles. The Morgan fingerprint density at radius 1 is 1.30 bits per heavy atom. The zero-order valence-corrected chi connectivity index (χ0v) is 14.5. The maximum absolute atomic E-state index is 5.62. The van der Waals surface area contributed by atoms with Crippen LogP contribution in [-0.2, 0) is 4.74 Å². The molecule has 0 radical (unpaired) electrons. The molecule has 2 saturated heterocycles. The molecule has 2 atom stereocenters. The molecule has 2 heterocycles. The van der Waals surface area contributed by atoms with Gasteiger partial charge in [-0.2, -0.15) is 11.8 Å². The Kier molecular flexibility index (Phi) is 6.21. The Bertz CT molecular complexity index is 292. The third-order valence-electron chi connectivity index (χ3n) is 4.99. The molecule has 0 amide bonds. The summed E-state index contributed by atoms with van der Waals surface area (Å²) in [6.07, 6.45) is 2.41. The Balaban J connectivity index is 1.99. The summed E-state index contributed by atoms with van der Waals surface area (Å²) in [5.74, 6) is 1.29. The van der Waals surface area contributed by atoms with Crippen LogP contribution in [0.1, 0.15) is 40.5 Å². The topological polar surface area (TPSA) is 24.5 Å². The van der Waals surface area contributed by atoms with Crippen molar-refractivity contribution in [1.82, 2.24) is 10.2 Å². The highest BCUT2D eigenvalue weighted by Crippen LogP contribution is 2.34. The Morgan fingerprint density at radius 2 is 2.00 bits per heavy atom. The number of rotatable bonds is 5. The third kappa shape index (κ3) is 4.36. The molecule has 2 aliphatic heterocycles. The molecule has 2 aliphatic rings. The van der Waals surface area contributed by atoms with Gasteiger partial charge in [0.2, 0.25) is 0 Å². The maximum Gasteiger partial charge on any atom is 0.0472 e. The lowest BCUT2D eigenvalue weighted by Gasteiger charge is -2.46. The highest BCUT2D eigenvalue weighted by atomic mass is 32.2. The molecule has 1 N–H and O–H groups in total. The number of hydrogen-bond acceptors (Lipinski definition) is 4. The van der Waals surface area contributed by atoms with Gasteiger partial charge in [0, 0.05) is 55.9 Å². The molecule has 20 heavy (non-hydrogen) atoms. The van der Waals surface area contributed by atoms with E-state index in [0.717, 1.165) is 25.0 Å². The predicted molar refractivity (Wildman–Crippen MR) is 88.6 cm³/mol. The van der Waals surface area contributed by atoms with Crippen LogP contribution < -0.4 is 5.32 Å². The minimum atomic E-state index is 0.415. The summed E-state index contributed by atoms with van der Waals surface area (Å²) in [4.78, 5) is 2.73. The van der Waals surface area contributed by atoms with Gasteiger partial charge in [0.05, 0.1) is 0 Å². The van der Waals surface area contributed by atoms with Gasteiger partial charge in [0.15, 0.2) is 0 Å². The summed E-state index contributed by atoms with van der Waals surface area (Å²) in [7, 11) is 0. The smallest absolute Gasteiger partial charge is 0.0472 e. The van der Waals surface area contributed by atoms with E-state index in [1.165, 1.54) is 31.7 Å². The Hall–Kier alpha value is 0.230. The van der Waals surface area contributed by atoms with E-state index in [1.807, 2.05) is 0 Å². The van der Waals surface area contributed by atoms with Crippen molar-refractivity contribution < 1.29 is 4.74 Å². The van der Waals surface area contributed by atoms with Crippen molar-refractivity contribution in [2.75, 3.05) is 38.6 Å². The van der Waals surface area contributed by atoms with Crippen LogP contribution in [0.5, 0.6) is 0 Å². The fourth-order valence-electron chi connectivity index (χ4n) is 3.27. The molecule has 2 fully saturated rings. The average molecular weight is 301 g/mol. The standard InChI is InChI=1S/C16H32N2OS/c1-13(2)17-11-16(5-8-19-9-6-16)12-18-7-10-20-15(4)14(18)3/h13-15,17H,5-12H2,1-4H3. The van der Waals surface area contributed by atoms with Crippen LogP contribution in [0, 0.1) is 5.41 Å². The normalized spacial score (nSPS) is 31.6. The van der Waals surface area contributed by atoms with Crippen molar-refractivity contribution in [3.05, 3.63) is 0 Å². The fraction of sp³-hybridized carbons (Fsp3) is 1.00. The molecule has 0 aromatic carbocycles. The zero-order chi connectivity index (χ0) is 14.6. The van der Waals surface area contributed by atoms with Gasteiger partial charge >= 0.3 is 0 Å². The van der Waals surface area contributed by atoms with E-state index in [4.69, 9.17) is 4.74 Å². The number of nitrogens with one attached hydrogen (secondary N) is 1. The molecule has 0 saturated carbocycles. The lowest BCUT2D eigenvalue weighted by atomic mass is 9.79. The predicted octanol–water partition coefficient (Wildman–Crippen LogP) is 2.61. The molecule has 118 valence electrons. The highest BCUT2D eigenvalue weighted by molar-refractivity contribution is 8.00. The van der Waals surface area contributed by atoms with E-state index in [1.54, 1.807) is 0 Å². The largest absolute Gasteiger partial charge is 0.381 e. The van der Waals surface area contributed by atoms with Crippen molar-refractivity contribution in [3.63, 3.8) is 0 Å². The van der Waals surface area contributed by atoms with Crippen LogP contribution in [0.2, 0.25) is 0 Å². The van der Waals surface area contributed by atoms with Gasteiger partial charge in [-0.05, 0) is 25.2 Å². The first-order chi connectivity index (χ1) is 9.52. The van der Waals surface area contributed by atoms with Crippen LogP contribution in [-0.4, -0.2) is 60.8 Å². The average Bonchev–Trinajstić information content (AvgIpc) is 2.43. The molecule has 0 spiro atoms. The van der Waals surface area contributed by atoms with Gasteiger partial charge in [-0.1, -0.05) is 20.8 Å². The monoisotopic (exact) mass is 300 g/mol. The number of ether oxygens (including phenoxy) is 1. The van der Waals surface area contributed by atoms with E-state index >= 15 is 0 Å². The van der Waals surface area contributed by atoms with E-state index in [9.17, 15) is 0 Å². The fourth-order valence-corrected chi connectivity index (χ4v) is 4.43. The zero-order valence-electron chi connectivity index (χ0n) is 13.7. The SMILES string of the molecule is CC(C)NCC1(CN2CCSC(C)C2C)CCOCC1. The van der Waals surface area contributed by atoms with Crippen molar-refractivity contribution >= 4 is 11.8 Å². The number of hydrogen-bond donors (Lipinski definition) is 1. The second kappa shape index (κ2) is 7.48. The highest BCUT2D eigenvalue weighted by Gasteiger charge is 2.37. The van der Waals surface area contributed by atoms with Gasteiger partial charge in [0.1, 0.15) is 0 Å². The minimum Gasteiger partial charge on any atom is -0.381 e. The summed E-state index contributed by atoms with van der Waals surface area (Å²) in [6, 6.07) is 1.27. The number of nitrogens with zero attached hydrogens (tertiary/aromatic N) is 1. The molecular formula is C16H32N2OS. The van der Waals surface area contributed by atoms with E-state index in [0.29, 0.717) is 17.5 Å². The molecule has 0 bridgehead atoms. The van der Waals surface area contributed by atoms with Crippen molar-refractivity contribution in [2.24, 2.45) is 5.41 Å². The molecule has 0 aliphatic carbocycles. The van der Waals surface area contributed by atoms with Crippen LogP contribution in [0.25, 0.3) is 0 Å². The van der Waals surface area contributed by atoms with Crippen LogP contribution in [0.3, 0.4) is 0 Å². The van der Waals surface area contributed by atoms with Crippen molar-refractivity contribution in [1.29, 1.82) is 0 Å². The lowest BCUT2D eigenvalue weighted by Crippen LogP contribution is -2.54. The van der Waals surface area contributed by atoms with E-state index < -0.39 is 0 Å². The molecule has 3 nitrogen and oxygen atoms in total. The van der Waals surface area contributed by atoms with Gasteiger partial charge in [0.25, 0.3) is 0 Å². The molecule has 2 unspecified atom stereocenters.